The minimum atomic E-state index is -1.63. The van der Waals surface area contributed by atoms with Gasteiger partial charge in [-0.3, -0.25) is 24.6 Å². The van der Waals surface area contributed by atoms with Gasteiger partial charge in [-0.25, -0.2) is 4.79 Å². The number of β-lactam (4-membered cyclic amide) rings is 1. The minimum absolute atomic E-state index is 0.0775. The lowest BCUT2D eigenvalue weighted by molar-refractivity contribution is -0.384. The quantitative estimate of drug-likeness (QED) is 0.206. The lowest BCUT2D eigenvalue weighted by Crippen LogP contribution is -2.72. The highest BCUT2D eigenvalue weighted by Crippen LogP contribution is 2.46. The molecule has 2 aromatic carbocycles. The number of esters is 1. The van der Waals surface area contributed by atoms with E-state index in [-0.39, 0.29) is 24.6 Å². The first-order valence-electron chi connectivity index (χ1n) is 10.6. The highest BCUT2D eigenvalue weighted by atomic mass is 32.2. The summed E-state index contributed by atoms with van der Waals surface area (Å²) in [6.45, 7) is 3.09. The van der Waals surface area contributed by atoms with Gasteiger partial charge in [-0.05, 0) is 48.3 Å². The lowest BCUT2D eigenvalue weighted by atomic mass is 9.95. The van der Waals surface area contributed by atoms with Gasteiger partial charge in [0.15, 0.2) is 16.8 Å². The Morgan fingerprint density at radius 1 is 1.12 bits per heavy atom. The summed E-state index contributed by atoms with van der Waals surface area (Å²) in [5.41, 5.74) is 1.23. The predicted molar refractivity (Wildman–Crippen MR) is 122 cm³/mol. The largest absolute Gasteiger partial charge is 0.614 e. The second-order valence-corrected chi connectivity index (χ2v) is 10.8. The van der Waals surface area contributed by atoms with Crippen molar-refractivity contribution >= 4 is 34.6 Å². The molecule has 4 atom stereocenters. The third kappa shape index (κ3) is 4.24. The Balaban J connectivity index is 1.41. The maximum absolute atomic E-state index is 13.2. The SMILES string of the molecule is CC1(C)C(C(=O)OCc2ccc([N+](=O)[O-])cc2)N2C(=O)C(NC(=O)Cc3ccccc3)[C@@H]2[S+]1[O-]. The van der Waals surface area contributed by atoms with Crippen molar-refractivity contribution in [3.63, 3.8) is 0 Å². The Bertz CT molecular complexity index is 1120. The molecule has 11 heteroatoms. The number of rotatable bonds is 7. The highest BCUT2D eigenvalue weighted by Gasteiger charge is 2.73. The van der Waals surface area contributed by atoms with Crippen molar-refractivity contribution in [3.05, 3.63) is 75.8 Å². The number of hydrogen-bond donors (Lipinski definition) is 1. The molecule has 2 saturated heterocycles. The summed E-state index contributed by atoms with van der Waals surface area (Å²) >= 11 is -1.63. The molecule has 0 aliphatic carbocycles. The number of nitrogens with one attached hydrogen (secondary N) is 1. The molecule has 0 saturated carbocycles. The third-order valence-electron chi connectivity index (χ3n) is 6.03. The van der Waals surface area contributed by atoms with Gasteiger partial charge < -0.3 is 14.6 Å². The molecule has 1 N–H and O–H groups in total. The molecular weight excluding hydrogens is 462 g/mol. The van der Waals surface area contributed by atoms with Crippen LogP contribution in [-0.4, -0.2) is 54.4 Å². The van der Waals surface area contributed by atoms with Crippen LogP contribution in [0.15, 0.2) is 54.6 Å². The number of carbonyl (C=O) groups excluding carboxylic acids is 3. The number of fused-ring (bicyclic) bond motifs is 1. The zero-order valence-electron chi connectivity index (χ0n) is 18.5. The Morgan fingerprint density at radius 3 is 2.38 bits per heavy atom. The zero-order chi connectivity index (χ0) is 24.6. The van der Waals surface area contributed by atoms with Gasteiger partial charge in [-0.2, -0.15) is 0 Å². The van der Waals surface area contributed by atoms with Gasteiger partial charge in [0.25, 0.3) is 11.6 Å². The van der Waals surface area contributed by atoms with Gasteiger partial charge in [-0.1, -0.05) is 30.3 Å². The fourth-order valence-electron chi connectivity index (χ4n) is 4.23. The van der Waals surface area contributed by atoms with Gasteiger partial charge >= 0.3 is 5.97 Å². The van der Waals surface area contributed by atoms with Crippen LogP contribution in [0.25, 0.3) is 0 Å². The first-order chi connectivity index (χ1) is 16.1. The molecule has 10 nitrogen and oxygen atoms in total. The van der Waals surface area contributed by atoms with Crippen LogP contribution in [-0.2, 0) is 43.3 Å². The van der Waals surface area contributed by atoms with E-state index in [9.17, 15) is 29.1 Å². The van der Waals surface area contributed by atoms with Crippen molar-refractivity contribution in [2.24, 2.45) is 0 Å². The van der Waals surface area contributed by atoms with Crippen LogP contribution in [0.1, 0.15) is 25.0 Å². The molecule has 2 amide bonds. The summed E-state index contributed by atoms with van der Waals surface area (Å²) in [5, 5.41) is 12.6. The predicted octanol–water partition coefficient (Wildman–Crippen LogP) is 1.44. The van der Waals surface area contributed by atoms with E-state index in [1.807, 2.05) is 6.07 Å². The average molecular weight is 486 g/mol. The molecule has 2 aliphatic heterocycles. The summed E-state index contributed by atoms with van der Waals surface area (Å²) in [5.74, 6) is -1.58. The summed E-state index contributed by atoms with van der Waals surface area (Å²) in [4.78, 5) is 49.7. The van der Waals surface area contributed by atoms with E-state index in [0.29, 0.717) is 5.56 Å². The van der Waals surface area contributed by atoms with Gasteiger partial charge in [-0.15, -0.1) is 0 Å². The van der Waals surface area contributed by atoms with Gasteiger partial charge in [0.1, 0.15) is 6.61 Å². The molecule has 2 aromatic rings. The maximum Gasteiger partial charge on any atom is 0.334 e. The van der Waals surface area contributed by atoms with Crippen molar-refractivity contribution < 1.29 is 28.6 Å². The molecule has 2 heterocycles. The van der Waals surface area contributed by atoms with E-state index in [1.54, 1.807) is 38.1 Å². The van der Waals surface area contributed by atoms with Crippen molar-refractivity contribution in [2.45, 2.75) is 49.1 Å². The van der Waals surface area contributed by atoms with E-state index in [4.69, 9.17) is 4.74 Å². The van der Waals surface area contributed by atoms with E-state index in [1.165, 1.54) is 29.2 Å². The topological polar surface area (TPSA) is 142 Å². The fourth-order valence-corrected chi connectivity index (χ4v) is 6.14. The number of non-ortho nitro benzene ring substituents is 1. The molecule has 4 rings (SSSR count). The number of benzene rings is 2. The number of nitro groups is 1. The summed E-state index contributed by atoms with van der Waals surface area (Å²) < 4.78 is 17.4. The van der Waals surface area contributed by atoms with E-state index in [2.05, 4.69) is 5.32 Å². The number of carbonyl (C=O) groups is 3. The number of hydrogen-bond acceptors (Lipinski definition) is 7. The fraction of sp³-hybridized carbons (Fsp3) is 0.348. The molecule has 34 heavy (non-hydrogen) atoms. The first-order valence-corrected chi connectivity index (χ1v) is 11.8. The molecule has 0 bridgehead atoms. The number of amides is 2. The Hall–Kier alpha value is -3.44. The van der Waals surface area contributed by atoms with Gasteiger partial charge in [0.2, 0.25) is 11.3 Å². The Morgan fingerprint density at radius 2 is 1.76 bits per heavy atom. The molecule has 178 valence electrons. The van der Waals surface area contributed by atoms with Crippen LogP contribution >= 0.6 is 0 Å². The van der Waals surface area contributed by atoms with Crippen molar-refractivity contribution in [1.29, 1.82) is 0 Å². The van der Waals surface area contributed by atoms with Crippen molar-refractivity contribution in [1.82, 2.24) is 10.2 Å². The third-order valence-corrected chi connectivity index (χ3v) is 8.23. The van der Waals surface area contributed by atoms with E-state index in [0.717, 1.165) is 5.56 Å². The minimum Gasteiger partial charge on any atom is -0.614 e. The van der Waals surface area contributed by atoms with Crippen LogP contribution in [0.2, 0.25) is 0 Å². The number of nitrogens with zero attached hydrogens (tertiary/aromatic N) is 2. The normalized spacial score (nSPS) is 24.7. The first kappa shape index (κ1) is 23.7. The molecule has 0 aromatic heterocycles. The smallest absolute Gasteiger partial charge is 0.334 e. The van der Waals surface area contributed by atoms with Crippen LogP contribution < -0.4 is 5.32 Å². The van der Waals surface area contributed by atoms with Gasteiger partial charge in [0.05, 0.1) is 11.3 Å². The van der Waals surface area contributed by atoms with Crippen molar-refractivity contribution in [3.8, 4) is 0 Å². The van der Waals surface area contributed by atoms with E-state index >= 15 is 0 Å². The lowest BCUT2D eigenvalue weighted by Gasteiger charge is -2.41. The van der Waals surface area contributed by atoms with Gasteiger partial charge in [0, 0.05) is 12.1 Å². The number of ether oxygens (including phenoxy) is 1. The maximum atomic E-state index is 13.2. The van der Waals surface area contributed by atoms with E-state index < -0.39 is 50.2 Å². The Labute approximate surface area is 198 Å². The second-order valence-electron chi connectivity index (χ2n) is 8.68. The van der Waals surface area contributed by atoms with Crippen LogP contribution in [0, 0.1) is 10.1 Å². The second kappa shape index (κ2) is 9.07. The average Bonchev–Trinajstić information content (AvgIpc) is 3.00. The summed E-state index contributed by atoms with van der Waals surface area (Å²) in [7, 11) is 0. The molecule has 0 spiro atoms. The van der Waals surface area contributed by atoms with Crippen LogP contribution in [0.5, 0.6) is 0 Å². The highest BCUT2D eigenvalue weighted by molar-refractivity contribution is 7.94. The molecule has 0 radical (unpaired) electrons. The molecule has 2 aliphatic rings. The molecule has 3 unspecified atom stereocenters. The summed E-state index contributed by atoms with van der Waals surface area (Å²) in [6.07, 6.45) is 0.0775. The number of nitro benzene ring substituents is 1. The van der Waals surface area contributed by atoms with Crippen molar-refractivity contribution in [2.75, 3.05) is 0 Å². The molecule has 2 fully saturated rings. The van der Waals surface area contributed by atoms with Crippen LogP contribution in [0.3, 0.4) is 0 Å². The standard InChI is InChI=1S/C23H23N3O7S/c1-23(2)19(22(29)33-13-15-8-10-16(11-9-15)26(30)31)25-20(28)18(21(25)34(23)32)24-17(27)12-14-6-4-3-5-7-14/h3-11,18-19,21H,12-13H2,1-2H3,(H,24,27)/t18?,19?,21-,34?/m0/s1. The zero-order valence-corrected chi connectivity index (χ0v) is 19.3. The van der Waals surface area contributed by atoms with Crippen LogP contribution in [0.4, 0.5) is 5.69 Å². The molecular formula is C23H23N3O7S. The summed E-state index contributed by atoms with van der Waals surface area (Å²) in [6, 6.07) is 12.5. The monoisotopic (exact) mass is 485 g/mol. The Kier molecular flexibility index (Phi) is 6.32.